The summed E-state index contributed by atoms with van der Waals surface area (Å²) < 4.78 is 10.9. The maximum Gasteiger partial charge on any atom is 0.223 e. The van der Waals surface area contributed by atoms with Crippen molar-refractivity contribution in [3.8, 4) is 5.75 Å². The predicted octanol–water partition coefficient (Wildman–Crippen LogP) is 2.26. The molecule has 0 bridgehead atoms. The van der Waals surface area contributed by atoms with Crippen LogP contribution in [0.2, 0.25) is 0 Å². The van der Waals surface area contributed by atoms with Gasteiger partial charge in [0, 0.05) is 13.0 Å². The van der Waals surface area contributed by atoms with Gasteiger partial charge in [0.15, 0.2) is 0 Å². The van der Waals surface area contributed by atoms with Crippen LogP contribution in [0.15, 0.2) is 24.3 Å². The fourth-order valence-electron chi connectivity index (χ4n) is 2.55. The summed E-state index contributed by atoms with van der Waals surface area (Å²) in [6.07, 6.45) is 1.35. The Labute approximate surface area is 120 Å². The Morgan fingerprint density at radius 1 is 1.40 bits per heavy atom. The fraction of sp³-hybridized carbons (Fsp3) is 0.562. The molecule has 1 saturated heterocycles. The normalized spacial score (nSPS) is 22.6. The number of hydrogen-bond acceptors (Lipinski definition) is 3. The van der Waals surface area contributed by atoms with E-state index in [0.717, 1.165) is 11.3 Å². The van der Waals surface area contributed by atoms with E-state index in [1.165, 1.54) is 0 Å². The topological polar surface area (TPSA) is 38.8 Å². The zero-order chi connectivity index (χ0) is 14.5. The molecule has 0 aliphatic carbocycles. The molecule has 0 N–H and O–H groups in total. The number of morpholine rings is 1. The molecule has 2 unspecified atom stereocenters. The Balaban J connectivity index is 1.94. The Kier molecular flexibility index (Phi) is 5.01. The molecular formula is C16H23NO3. The lowest BCUT2D eigenvalue weighted by Crippen LogP contribution is -2.50. The van der Waals surface area contributed by atoms with Gasteiger partial charge in [-0.25, -0.2) is 0 Å². The molecule has 110 valence electrons. The summed E-state index contributed by atoms with van der Waals surface area (Å²) in [5, 5.41) is 0. The third-order valence-electron chi connectivity index (χ3n) is 3.73. The molecular weight excluding hydrogens is 254 g/mol. The van der Waals surface area contributed by atoms with Crippen LogP contribution in [0.4, 0.5) is 0 Å². The number of aryl methyl sites for hydroxylation is 1. The van der Waals surface area contributed by atoms with Crippen molar-refractivity contribution in [1.82, 2.24) is 4.90 Å². The smallest absolute Gasteiger partial charge is 0.223 e. The predicted molar refractivity (Wildman–Crippen MR) is 77.9 cm³/mol. The van der Waals surface area contributed by atoms with Crippen molar-refractivity contribution in [3.05, 3.63) is 29.8 Å². The molecule has 1 aliphatic heterocycles. The number of carbonyl (C=O) groups is 1. The van der Waals surface area contributed by atoms with Gasteiger partial charge in [0.2, 0.25) is 5.91 Å². The van der Waals surface area contributed by atoms with Crippen LogP contribution in [0.5, 0.6) is 5.75 Å². The largest absolute Gasteiger partial charge is 0.496 e. The minimum atomic E-state index is 0.126. The van der Waals surface area contributed by atoms with Gasteiger partial charge in [-0.3, -0.25) is 4.79 Å². The number of para-hydroxylation sites is 1. The third-order valence-corrected chi connectivity index (χ3v) is 3.73. The molecule has 0 spiro atoms. The lowest BCUT2D eigenvalue weighted by atomic mass is 10.1. The highest BCUT2D eigenvalue weighted by Crippen LogP contribution is 2.20. The number of hydrogen-bond donors (Lipinski definition) is 0. The second-order valence-electron chi connectivity index (χ2n) is 5.35. The molecule has 1 aliphatic rings. The van der Waals surface area contributed by atoms with Crippen LogP contribution in [0, 0.1) is 0 Å². The summed E-state index contributed by atoms with van der Waals surface area (Å²) in [6.45, 7) is 5.35. The molecule has 1 aromatic rings. The number of nitrogens with zero attached hydrogens (tertiary/aromatic N) is 1. The summed E-state index contributed by atoms with van der Waals surface area (Å²) in [7, 11) is 1.66. The molecule has 1 amide bonds. The highest BCUT2D eigenvalue weighted by molar-refractivity contribution is 5.77. The van der Waals surface area contributed by atoms with Crippen molar-refractivity contribution < 1.29 is 14.3 Å². The summed E-state index contributed by atoms with van der Waals surface area (Å²) in [5.74, 6) is 1.04. The second kappa shape index (κ2) is 6.75. The number of benzene rings is 1. The van der Waals surface area contributed by atoms with Gasteiger partial charge in [0.05, 0.1) is 25.9 Å². The van der Waals surface area contributed by atoms with Crippen LogP contribution in [0.1, 0.15) is 25.8 Å². The Hall–Kier alpha value is -1.55. The van der Waals surface area contributed by atoms with Crippen molar-refractivity contribution >= 4 is 5.91 Å². The van der Waals surface area contributed by atoms with Gasteiger partial charge >= 0.3 is 0 Å². The van der Waals surface area contributed by atoms with Crippen LogP contribution < -0.4 is 4.74 Å². The van der Waals surface area contributed by atoms with E-state index in [0.29, 0.717) is 26.0 Å². The molecule has 20 heavy (non-hydrogen) atoms. The van der Waals surface area contributed by atoms with Crippen molar-refractivity contribution in [2.45, 2.75) is 38.8 Å². The summed E-state index contributed by atoms with van der Waals surface area (Å²) in [5.41, 5.74) is 1.08. The number of carbonyl (C=O) groups excluding carboxylic acids is 1. The maximum atomic E-state index is 12.4. The molecule has 1 fully saturated rings. The lowest BCUT2D eigenvalue weighted by molar-refractivity contribution is -0.143. The second-order valence-corrected chi connectivity index (χ2v) is 5.35. The van der Waals surface area contributed by atoms with Gasteiger partial charge in [0.25, 0.3) is 0 Å². The number of ether oxygens (including phenoxy) is 2. The molecule has 0 saturated carbocycles. The van der Waals surface area contributed by atoms with Crippen molar-refractivity contribution in [1.29, 1.82) is 0 Å². The van der Waals surface area contributed by atoms with Gasteiger partial charge in [-0.2, -0.15) is 0 Å². The Morgan fingerprint density at radius 3 is 2.90 bits per heavy atom. The zero-order valence-corrected chi connectivity index (χ0v) is 12.5. The highest BCUT2D eigenvalue weighted by atomic mass is 16.5. The van der Waals surface area contributed by atoms with Gasteiger partial charge in [-0.15, -0.1) is 0 Å². The van der Waals surface area contributed by atoms with E-state index in [-0.39, 0.29) is 18.1 Å². The summed E-state index contributed by atoms with van der Waals surface area (Å²) >= 11 is 0. The number of methoxy groups -OCH3 is 1. The van der Waals surface area contributed by atoms with Crippen molar-refractivity contribution in [2.24, 2.45) is 0 Å². The minimum absolute atomic E-state index is 0.126. The zero-order valence-electron chi connectivity index (χ0n) is 12.5. The van der Waals surface area contributed by atoms with Crippen LogP contribution in [-0.4, -0.2) is 43.2 Å². The van der Waals surface area contributed by atoms with E-state index in [1.807, 2.05) is 43.0 Å². The fourth-order valence-corrected chi connectivity index (χ4v) is 2.55. The molecule has 0 radical (unpaired) electrons. The number of amides is 1. The molecule has 2 rings (SSSR count). The minimum Gasteiger partial charge on any atom is -0.496 e. The van der Waals surface area contributed by atoms with E-state index in [4.69, 9.17) is 9.47 Å². The molecule has 0 aromatic heterocycles. The van der Waals surface area contributed by atoms with E-state index < -0.39 is 0 Å². The van der Waals surface area contributed by atoms with E-state index in [9.17, 15) is 4.79 Å². The molecule has 1 aromatic carbocycles. The van der Waals surface area contributed by atoms with Crippen LogP contribution >= 0.6 is 0 Å². The van der Waals surface area contributed by atoms with E-state index in [2.05, 4.69) is 0 Å². The first kappa shape index (κ1) is 14.9. The first-order valence-corrected chi connectivity index (χ1v) is 7.14. The van der Waals surface area contributed by atoms with Crippen molar-refractivity contribution in [2.75, 3.05) is 20.3 Å². The monoisotopic (exact) mass is 277 g/mol. The van der Waals surface area contributed by atoms with E-state index in [1.54, 1.807) is 7.11 Å². The molecule has 1 heterocycles. The maximum absolute atomic E-state index is 12.4. The first-order chi connectivity index (χ1) is 9.61. The molecule has 2 atom stereocenters. The third kappa shape index (κ3) is 3.51. The number of rotatable bonds is 4. The van der Waals surface area contributed by atoms with Gasteiger partial charge in [0.1, 0.15) is 5.75 Å². The van der Waals surface area contributed by atoms with Crippen LogP contribution in [-0.2, 0) is 16.0 Å². The quantitative estimate of drug-likeness (QED) is 0.847. The Bertz CT molecular complexity index is 461. The summed E-state index contributed by atoms with van der Waals surface area (Å²) in [4.78, 5) is 14.3. The van der Waals surface area contributed by atoms with Gasteiger partial charge in [-0.1, -0.05) is 18.2 Å². The average Bonchev–Trinajstić information content (AvgIpc) is 2.47. The average molecular weight is 277 g/mol. The first-order valence-electron chi connectivity index (χ1n) is 7.14. The molecule has 4 nitrogen and oxygen atoms in total. The molecule has 4 heteroatoms. The summed E-state index contributed by atoms with van der Waals surface area (Å²) in [6, 6.07) is 8.02. The van der Waals surface area contributed by atoms with Crippen molar-refractivity contribution in [3.63, 3.8) is 0 Å². The van der Waals surface area contributed by atoms with E-state index >= 15 is 0 Å². The standard InChI is InChI=1S/C16H23NO3/c1-12-11-20-13(2)10-17(12)16(18)9-8-14-6-4-5-7-15(14)19-3/h4-7,12-13H,8-11H2,1-3H3. The highest BCUT2D eigenvalue weighted by Gasteiger charge is 2.27. The SMILES string of the molecule is COc1ccccc1CCC(=O)N1CC(C)OCC1C. The van der Waals surface area contributed by atoms with Gasteiger partial charge in [-0.05, 0) is 31.9 Å². The van der Waals surface area contributed by atoms with Crippen LogP contribution in [0.3, 0.4) is 0 Å². The lowest BCUT2D eigenvalue weighted by Gasteiger charge is -2.37. The van der Waals surface area contributed by atoms with Gasteiger partial charge < -0.3 is 14.4 Å². The van der Waals surface area contributed by atoms with Crippen LogP contribution in [0.25, 0.3) is 0 Å². The Morgan fingerprint density at radius 2 is 2.15 bits per heavy atom.